The van der Waals surface area contributed by atoms with E-state index in [-0.39, 0.29) is 0 Å². The van der Waals surface area contributed by atoms with Crippen LogP contribution in [0.15, 0.2) is 16.6 Å². The van der Waals surface area contributed by atoms with E-state index in [0.717, 1.165) is 51.6 Å². The van der Waals surface area contributed by atoms with E-state index in [1.165, 1.54) is 5.57 Å². The van der Waals surface area contributed by atoms with E-state index in [2.05, 4.69) is 54.3 Å². The van der Waals surface area contributed by atoms with Crippen LogP contribution >= 0.6 is 0 Å². The van der Waals surface area contributed by atoms with Crippen molar-refractivity contribution >= 4 is 5.96 Å². The topological polar surface area (TPSA) is 48.9 Å². The van der Waals surface area contributed by atoms with Gasteiger partial charge < -0.3 is 15.4 Å². The molecule has 0 fully saturated rings. The molecule has 0 spiro atoms. The molecule has 1 rings (SSSR count). The van der Waals surface area contributed by atoms with Crippen LogP contribution in [0.5, 0.6) is 0 Å². The highest BCUT2D eigenvalue weighted by Gasteiger charge is 2.12. The summed E-state index contributed by atoms with van der Waals surface area (Å²) in [5.74, 6) is 0.889. The number of aliphatic imine (C=N–C) groups is 1. The third-order valence-corrected chi connectivity index (χ3v) is 4.01. The molecular formula is C17H34N4O. The van der Waals surface area contributed by atoms with Gasteiger partial charge in [0.05, 0.1) is 13.2 Å². The Morgan fingerprint density at radius 1 is 1.23 bits per heavy atom. The Labute approximate surface area is 136 Å². The van der Waals surface area contributed by atoms with Crippen molar-refractivity contribution in [2.45, 2.75) is 52.6 Å². The molecule has 1 aliphatic rings. The van der Waals surface area contributed by atoms with Crippen LogP contribution in [0.4, 0.5) is 0 Å². The predicted molar refractivity (Wildman–Crippen MR) is 94.5 cm³/mol. The zero-order valence-electron chi connectivity index (χ0n) is 15.0. The van der Waals surface area contributed by atoms with Crippen LogP contribution in [-0.4, -0.2) is 62.8 Å². The SMILES string of the molecule is CN=C(NCCC1=CCOCC1)NCCN(C(C)C)C(C)C. The van der Waals surface area contributed by atoms with Gasteiger partial charge in [-0.1, -0.05) is 11.6 Å². The van der Waals surface area contributed by atoms with Crippen molar-refractivity contribution < 1.29 is 4.74 Å². The van der Waals surface area contributed by atoms with Crippen LogP contribution < -0.4 is 10.6 Å². The lowest BCUT2D eigenvalue weighted by atomic mass is 10.1. The molecule has 0 bridgehead atoms. The van der Waals surface area contributed by atoms with Crippen molar-refractivity contribution in [3.8, 4) is 0 Å². The predicted octanol–water partition coefficient (Wildman–Crippen LogP) is 2.01. The molecule has 0 atom stereocenters. The van der Waals surface area contributed by atoms with E-state index in [0.29, 0.717) is 12.1 Å². The van der Waals surface area contributed by atoms with E-state index < -0.39 is 0 Å². The van der Waals surface area contributed by atoms with Crippen molar-refractivity contribution in [3.05, 3.63) is 11.6 Å². The summed E-state index contributed by atoms with van der Waals surface area (Å²) < 4.78 is 5.32. The van der Waals surface area contributed by atoms with Crippen molar-refractivity contribution in [3.63, 3.8) is 0 Å². The van der Waals surface area contributed by atoms with Crippen molar-refractivity contribution in [1.82, 2.24) is 15.5 Å². The zero-order chi connectivity index (χ0) is 16.4. The van der Waals surface area contributed by atoms with Gasteiger partial charge in [-0.3, -0.25) is 9.89 Å². The van der Waals surface area contributed by atoms with Gasteiger partial charge in [0.15, 0.2) is 5.96 Å². The maximum absolute atomic E-state index is 5.32. The number of nitrogens with one attached hydrogen (secondary N) is 2. The quantitative estimate of drug-likeness (QED) is 0.409. The van der Waals surface area contributed by atoms with Crippen LogP contribution in [0.25, 0.3) is 0 Å². The molecule has 0 saturated carbocycles. The fourth-order valence-corrected chi connectivity index (χ4v) is 2.77. The van der Waals surface area contributed by atoms with Gasteiger partial charge in [0.25, 0.3) is 0 Å². The van der Waals surface area contributed by atoms with Gasteiger partial charge in [0, 0.05) is 38.8 Å². The molecule has 0 aromatic heterocycles. The normalized spacial score (nSPS) is 16.4. The smallest absolute Gasteiger partial charge is 0.191 e. The van der Waals surface area contributed by atoms with Gasteiger partial charge in [-0.15, -0.1) is 0 Å². The van der Waals surface area contributed by atoms with Crippen molar-refractivity contribution in [2.75, 3.05) is 39.9 Å². The van der Waals surface area contributed by atoms with E-state index in [4.69, 9.17) is 4.74 Å². The Morgan fingerprint density at radius 2 is 1.91 bits per heavy atom. The average molecular weight is 310 g/mol. The molecule has 0 aromatic rings. The molecule has 128 valence electrons. The maximum Gasteiger partial charge on any atom is 0.191 e. The standard InChI is InChI=1S/C17H34N4O/c1-14(2)21(15(3)4)11-10-20-17(18-5)19-9-6-16-7-12-22-13-8-16/h7,14-15H,6,8-13H2,1-5H3,(H2,18,19,20). The highest BCUT2D eigenvalue weighted by Crippen LogP contribution is 2.10. The monoisotopic (exact) mass is 310 g/mol. The third kappa shape index (κ3) is 7.27. The molecule has 1 aliphatic heterocycles. The summed E-state index contributed by atoms with van der Waals surface area (Å²) in [5, 5.41) is 6.79. The lowest BCUT2D eigenvalue weighted by Crippen LogP contribution is -2.45. The minimum Gasteiger partial charge on any atom is -0.377 e. The number of hydrogen-bond acceptors (Lipinski definition) is 3. The molecule has 0 radical (unpaired) electrons. The first-order valence-electron chi connectivity index (χ1n) is 8.50. The Hall–Kier alpha value is -1.07. The van der Waals surface area contributed by atoms with Gasteiger partial charge in [0.1, 0.15) is 0 Å². The minimum absolute atomic E-state index is 0.567. The van der Waals surface area contributed by atoms with Gasteiger partial charge >= 0.3 is 0 Å². The lowest BCUT2D eigenvalue weighted by Gasteiger charge is -2.30. The molecule has 0 saturated heterocycles. The van der Waals surface area contributed by atoms with Gasteiger partial charge in [-0.2, -0.15) is 0 Å². The van der Waals surface area contributed by atoms with Crippen LogP contribution in [0.2, 0.25) is 0 Å². The zero-order valence-corrected chi connectivity index (χ0v) is 15.0. The van der Waals surface area contributed by atoms with E-state index in [9.17, 15) is 0 Å². The fraction of sp³-hybridized carbons (Fsp3) is 0.824. The van der Waals surface area contributed by atoms with Crippen LogP contribution in [0.1, 0.15) is 40.5 Å². The second-order valence-corrected chi connectivity index (χ2v) is 6.29. The molecule has 0 aromatic carbocycles. The Balaban J connectivity index is 2.23. The molecular weight excluding hydrogens is 276 g/mol. The summed E-state index contributed by atoms with van der Waals surface area (Å²) in [4.78, 5) is 6.77. The number of guanidine groups is 1. The van der Waals surface area contributed by atoms with Gasteiger partial charge in [0.2, 0.25) is 0 Å². The average Bonchev–Trinajstić information content (AvgIpc) is 2.49. The van der Waals surface area contributed by atoms with E-state index >= 15 is 0 Å². The first kappa shape index (κ1) is 19.0. The van der Waals surface area contributed by atoms with E-state index in [1.54, 1.807) is 0 Å². The summed E-state index contributed by atoms with van der Waals surface area (Å²) in [6.07, 6.45) is 4.32. The fourth-order valence-electron chi connectivity index (χ4n) is 2.77. The lowest BCUT2D eigenvalue weighted by molar-refractivity contribution is 0.153. The Kier molecular flexibility index (Phi) is 9.16. The number of rotatable bonds is 8. The van der Waals surface area contributed by atoms with Crippen molar-refractivity contribution in [1.29, 1.82) is 0 Å². The van der Waals surface area contributed by atoms with Crippen LogP contribution in [0.3, 0.4) is 0 Å². The molecule has 0 unspecified atom stereocenters. The van der Waals surface area contributed by atoms with E-state index in [1.807, 2.05) is 7.05 Å². The largest absolute Gasteiger partial charge is 0.377 e. The molecule has 0 amide bonds. The molecule has 0 aliphatic carbocycles. The first-order chi connectivity index (χ1) is 10.5. The highest BCUT2D eigenvalue weighted by atomic mass is 16.5. The Morgan fingerprint density at radius 3 is 2.45 bits per heavy atom. The molecule has 2 N–H and O–H groups in total. The minimum atomic E-state index is 0.567. The highest BCUT2D eigenvalue weighted by molar-refractivity contribution is 5.79. The number of nitrogens with zero attached hydrogens (tertiary/aromatic N) is 2. The second-order valence-electron chi connectivity index (χ2n) is 6.29. The van der Waals surface area contributed by atoms with Gasteiger partial charge in [-0.25, -0.2) is 0 Å². The summed E-state index contributed by atoms with van der Waals surface area (Å²) in [6.45, 7) is 13.5. The van der Waals surface area contributed by atoms with Crippen LogP contribution in [-0.2, 0) is 4.74 Å². The maximum atomic E-state index is 5.32. The van der Waals surface area contributed by atoms with Gasteiger partial charge in [-0.05, 0) is 40.5 Å². The molecule has 22 heavy (non-hydrogen) atoms. The molecule has 5 nitrogen and oxygen atoms in total. The summed E-state index contributed by atoms with van der Waals surface area (Å²) in [5.41, 5.74) is 1.49. The number of ether oxygens (including phenoxy) is 1. The van der Waals surface area contributed by atoms with Crippen molar-refractivity contribution in [2.24, 2.45) is 4.99 Å². The second kappa shape index (κ2) is 10.6. The summed E-state index contributed by atoms with van der Waals surface area (Å²) in [7, 11) is 1.83. The Bertz CT molecular complexity index is 356. The molecule has 5 heteroatoms. The first-order valence-corrected chi connectivity index (χ1v) is 8.50. The summed E-state index contributed by atoms with van der Waals surface area (Å²) in [6, 6.07) is 1.13. The molecule has 1 heterocycles. The number of hydrogen-bond donors (Lipinski definition) is 2. The third-order valence-electron chi connectivity index (χ3n) is 4.01. The van der Waals surface area contributed by atoms with Crippen LogP contribution in [0, 0.1) is 0 Å². The summed E-state index contributed by atoms with van der Waals surface area (Å²) >= 11 is 0.